The van der Waals surface area contributed by atoms with Crippen molar-refractivity contribution in [1.82, 2.24) is 4.98 Å². The maximum Gasteiger partial charge on any atom is 0.257 e. The van der Waals surface area contributed by atoms with E-state index in [9.17, 15) is 4.79 Å². The van der Waals surface area contributed by atoms with Gasteiger partial charge in [0.2, 0.25) is 0 Å². The number of pyridine rings is 1. The van der Waals surface area contributed by atoms with Gasteiger partial charge < -0.3 is 5.32 Å². The summed E-state index contributed by atoms with van der Waals surface area (Å²) in [5, 5.41) is 4.89. The van der Waals surface area contributed by atoms with Crippen LogP contribution in [0.4, 0.5) is 5.69 Å². The second kappa shape index (κ2) is 6.89. The van der Waals surface area contributed by atoms with Crippen molar-refractivity contribution in [2.24, 2.45) is 0 Å². The molecular formula is C16H10BrIN2OS. The Hall–Kier alpha value is -1.25. The van der Waals surface area contributed by atoms with Gasteiger partial charge in [-0.15, -0.1) is 11.3 Å². The van der Waals surface area contributed by atoms with Crippen LogP contribution in [-0.2, 0) is 0 Å². The molecule has 6 heteroatoms. The Labute approximate surface area is 154 Å². The lowest BCUT2D eigenvalue weighted by atomic mass is 10.1. The number of anilines is 1. The molecule has 0 radical (unpaired) electrons. The summed E-state index contributed by atoms with van der Waals surface area (Å²) in [6.07, 6.45) is 1.75. The molecule has 0 aliphatic heterocycles. The minimum Gasteiger partial charge on any atom is -0.321 e. The minimum atomic E-state index is -0.102. The number of nitrogens with zero attached hydrogens (tertiary/aromatic N) is 1. The van der Waals surface area contributed by atoms with Crippen LogP contribution in [0.15, 0.2) is 58.5 Å². The third-order valence-electron chi connectivity index (χ3n) is 3.04. The zero-order valence-corrected chi connectivity index (χ0v) is 15.8. The van der Waals surface area contributed by atoms with Gasteiger partial charge in [-0.2, -0.15) is 0 Å². The van der Waals surface area contributed by atoms with Crippen LogP contribution in [-0.4, -0.2) is 10.9 Å². The van der Waals surface area contributed by atoms with Gasteiger partial charge in [0.25, 0.3) is 5.91 Å². The summed E-state index contributed by atoms with van der Waals surface area (Å²) in [6, 6.07) is 13.4. The summed E-state index contributed by atoms with van der Waals surface area (Å²) < 4.78 is 1.90. The smallest absolute Gasteiger partial charge is 0.257 e. The van der Waals surface area contributed by atoms with E-state index < -0.39 is 0 Å². The number of thiophene rings is 1. The van der Waals surface area contributed by atoms with E-state index >= 15 is 0 Å². The zero-order chi connectivity index (χ0) is 15.5. The lowest BCUT2D eigenvalue weighted by Gasteiger charge is -2.10. The number of rotatable bonds is 3. The Bertz CT molecular complexity index is 817. The van der Waals surface area contributed by atoms with Crippen molar-refractivity contribution in [3.05, 3.63) is 67.0 Å². The van der Waals surface area contributed by atoms with Gasteiger partial charge >= 0.3 is 0 Å². The van der Waals surface area contributed by atoms with Gasteiger partial charge in [-0.1, -0.05) is 18.2 Å². The first-order valence-electron chi connectivity index (χ1n) is 6.40. The molecule has 3 aromatic rings. The number of halogens is 2. The molecule has 1 aromatic carbocycles. The van der Waals surface area contributed by atoms with E-state index in [1.54, 1.807) is 17.5 Å². The Balaban J connectivity index is 1.93. The molecule has 0 saturated heterocycles. The van der Waals surface area contributed by atoms with Crippen molar-refractivity contribution in [2.75, 3.05) is 5.32 Å². The number of benzene rings is 1. The van der Waals surface area contributed by atoms with Crippen molar-refractivity contribution in [1.29, 1.82) is 0 Å². The summed E-state index contributed by atoms with van der Waals surface area (Å²) in [7, 11) is 0. The van der Waals surface area contributed by atoms with Crippen molar-refractivity contribution < 1.29 is 4.79 Å². The first kappa shape index (κ1) is 15.6. The SMILES string of the molecule is O=C(Nc1ccccc1-c1ccc(Br)cn1)c1ccsc1I. The first-order chi connectivity index (χ1) is 10.6. The van der Waals surface area contributed by atoms with Crippen molar-refractivity contribution in [2.45, 2.75) is 0 Å². The average Bonchev–Trinajstić information content (AvgIpc) is 2.95. The van der Waals surface area contributed by atoms with Crippen LogP contribution >= 0.6 is 49.9 Å². The standard InChI is InChI=1S/C16H10BrIN2OS/c17-10-5-6-13(19-9-10)11-3-1-2-4-14(11)20-16(21)12-7-8-22-15(12)18/h1-9H,(H,20,21). The van der Waals surface area contributed by atoms with Gasteiger partial charge in [0.1, 0.15) is 0 Å². The maximum atomic E-state index is 12.4. The number of carbonyl (C=O) groups excluding carboxylic acids is 1. The highest BCUT2D eigenvalue weighted by Crippen LogP contribution is 2.28. The number of carbonyl (C=O) groups is 1. The van der Waals surface area contributed by atoms with Gasteiger partial charge in [-0.25, -0.2) is 0 Å². The summed E-state index contributed by atoms with van der Waals surface area (Å²) in [5.74, 6) is -0.102. The van der Waals surface area contributed by atoms with E-state index in [4.69, 9.17) is 0 Å². The summed E-state index contributed by atoms with van der Waals surface area (Å²) in [4.78, 5) is 16.8. The molecule has 0 spiro atoms. The number of para-hydroxylation sites is 1. The lowest BCUT2D eigenvalue weighted by molar-refractivity contribution is 0.102. The van der Waals surface area contributed by atoms with Gasteiger partial charge in [0, 0.05) is 16.2 Å². The molecule has 1 N–H and O–H groups in total. The van der Waals surface area contributed by atoms with Crippen LogP contribution in [0.5, 0.6) is 0 Å². The highest BCUT2D eigenvalue weighted by Gasteiger charge is 2.14. The third-order valence-corrected chi connectivity index (χ3v) is 5.55. The van der Waals surface area contributed by atoms with Gasteiger partial charge in [0.05, 0.1) is 19.8 Å². The van der Waals surface area contributed by atoms with E-state index in [1.165, 1.54) is 0 Å². The predicted molar refractivity (Wildman–Crippen MR) is 102 cm³/mol. The lowest BCUT2D eigenvalue weighted by Crippen LogP contribution is -2.12. The van der Waals surface area contributed by atoms with E-state index in [0.717, 1.165) is 24.3 Å². The quantitative estimate of drug-likeness (QED) is 0.503. The average molecular weight is 485 g/mol. The molecule has 0 aliphatic rings. The van der Waals surface area contributed by atoms with Crippen LogP contribution in [0.2, 0.25) is 0 Å². The third kappa shape index (κ3) is 3.39. The highest BCUT2D eigenvalue weighted by atomic mass is 127. The second-order valence-electron chi connectivity index (χ2n) is 4.47. The van der Waals surface area contributed by atoms with Gasteiger partial charge in [0.15, 0.2) is 0 Å². The number of nitrogens with one attached hydrogen (secondary N) is 1. The topological polar surface area (TPSA) is 42.0 Å². The van der Waals surface area contributed by atoms with Gasteiger partial charge in [-0.05, 0) is 68.2 Å². The molecule has 2 heterocycles. The zero-order valence-electron chi connectivity index (χ0n) is 11.2. The number of aromatic nitrogens is 1. The Morgan fingerprint density at radius 2 is 2.00 bits per heavy atom. The molecular weight excluding hydrogens is 475 g/mol. The molecule has 3 nitrogen and oxygen atoms in total. The van der Waals surface area contributed by atoms with Crippen LogP contribution in [0.25, 0.3) is 11.3 Å². The molecule has 0 fully saturated rings. The normalized spacial score (nSPS) is 10.5. The van der Waals surface area contributed by atoms with E-state index in [-0.39, 0.29) is 5.91 Å². The largest absolute Gasteiger partial charge is 0.321 e. The monoisotopic (exact) mass is 484 g/mol. The van der Waals surface area contributed by atoms with Crippen molar-refractivity contribution in [3.63, 3.8) is 0 Å². The number of amides is 1. The maximum absolute atomic E-state index is 12.4. The fourth-order valence-electron chi connectivity index (χ4n) is 2.00. The van der Waals surface area contributed by atoms with Crippen molar-refractivity contribution >= 4 is 61.5 Å². The fraction of sp³-hybridized carbons (Fsp3) is 0. The number of hydrogen-bond acceptors (Lipinski definition) is 3. The van der Waals surface area contributed by atoms with E-state index in [0.29, 0.717) is 5.56 Å². The molecule has 0 atom stereocenters. The minimum absolute atomic E-state index is 0.102. The van der Waals surface area contributed by atoms with Crippen LogP contribution in [0.3, 0.4) is 0 Å². The molecule has 1 amide bonds. The van der Waals surface area contributed by atoms with Crippen molar-refractivity contribution in [3.8, 4) is 11.3 Å². The Morgan fingerprint density at radius 3 is 2.68 bits per heavy atom. The van der Waals surface area contributed by atoms with Crippen LogP contribution in [0.1, 0.15) is 10.4 Å². The Morgan fingerprint density at radius 1 is 1.18 bits per heavy atom. The second-order valence-corrected chi connectivity index (χ2v) is 8.11. The molecule has 0 aliphatic carbocycles. The summed E-state index contributed by atoms with van der Waals surface area (Å²) in [6.45, 7) is 0. The molecule has 0 saturated carbocycles. The van der Waals surface area contributed by atoms with E-state index in [1.807, 2.05) is 47.8 Å². The first-order valence-corrected chi connectivity index (χ1v) is 9.15. The molecule has 22 heavy (non-hydrogen) atoms. The molecule has 110 valence electrons. The Kier molecular flexibility index (Phi) is 4.90. The molecule has 3 rings (SSSR count). The van der Waals surface area contributed by atoms with Crippen LogP contribution < -0.4 is 5.32 Å². The fourth-order valence-corrected chi connectivity index (χ4v) is 3.71. The van der Waals surface area contributed by atoms with E-state index in [2.05, 4.69) is 48.8 Å². The summed E-state index contributed by atoms with van der Waals surface area (Å²) in [5.41, 5.74) is 3.17. The molecule has 0 unspecified atom stereocenters. The highest BCUT2D eigenvalue weighted by molar-refractivity contribution is 14.1. The van der Waals surface area contributed by atoms with Gasteiger partial charge in [-0.3, -0.25) is 9.78 Å². The summed E-state index contributed by atoms with van der Waals surface area (Å²) >= 11 is 7.11. The number of hydrogen-bond donors (Lipinski definition) is 1. The predicted octanol–water partition coefficient (Wildman–Crippen LogP) is 5.43. The molecule has 0 bridgehead atoms. The molecule has 2 aromatic heterocycles. The van der Waals surface area contributed by atoms with Crippen LogP contribution in [0, 0.1) is 2.88 Å².